The number of methoxy groups -OCH3 is 1. The summed E-state index contributed by atoms with van der Waals surface area (Å²) in [4.78, 5) is 0. The molecule has 2 aromatic carbocycles. The maximum Gasteiger partial charge on any atom is 0.162 e. The van der Waals surface area contributed by atoms with E-state index < -0.39 is 0 Å². The van der Waals surface area contributed by atoms with E-state index in [-0.39, 0.29) is 6.61 Å². The average molecular weight is 458 g/mol. The summed E-state index contributed by atoms with van der Waals surface area (Å²) in [6, 6.07) is 11.5. The predicted octanol–water partition coefficient (Wildman–Crippen LogP) is 3.75. The summed E-state index contributed by atoms with van der Waals surface area (Å²) < 4.78 is 12.4. The Bertz CT molecular complexity index is 716. The Labute approximate surface area is 174 Å². The Kier molecular flexibility index (Phi) is 9.94. The van der Waals surface area contributed by atoms with Crippen LogP contribution in [-0.2, 0) is 13.2 Å². The SMILES string of the molecule is COc1cc(CNCCCNCCO)c(Br)cc1OCc1ccccc1Cl. The third-order valence-electron chi connectivity index (χ3n) is 3.98. The largest absolute Gasteiger partial charge is 0.493 e. The summed E-state index contributed by atoms with van der Waals surface area (Å²) in [7, 11) is 1.63. The van der Waals surface area contributed by atoms with Crippen molar-refractivity contribution in [2.45, 2.75) is 19.6 Å². The Hall–Kier alpha value is -1.31. The van der Waals surface area contributed by atoms with Crippen molar-refractivity contribution in [1.29, 1.82) is 0 Å². The number of hydrogen-bond donors (Lipinski definition) is 3. The van der Waals surface area contributed by atoms with Crippen molar-refractivity contribution in [1.82, 2.24) is 10.6 Å². The molecule has 0 spiro atoms. The van der Waals surface area contributed by atoms with Crippen LogP contribution < -0.4 is 20.1 Å². The molecular formula is C20H26BrClN2O3. The molecule has 0 aliphatic heterocycles. The number of hydrogen-bond acceptors (Lipinski definition) is 5. The van der Waals surface area contributed by atoms with Gasteiger partial charge in [0.15, 0.2) is 11.5 Å². The molecule has 0 bridgehead atoms. The van der Waals surface area contributed by atoms with Crippen molar-refractivity contribution in [3.63, 3.8) is 0 Å². The van der Waals surface area contributed by atoms with Crippen molar-refractivity contribution < 1.29 is 14.6 Å². The lowest BCUT2D eigenvalue weighted by molar-refractivity contribution is 0.284. The van der Waals surface area contributed by atoms with Gasteiger partial charge in [0.25, 0.3) is 0 Å². The monoisotopic (exact) mass is 456 g/mol. The van der Waals surface area contributed by atoms with Gasteiger partial charge in [-0.25, -0.2) is 0 Å². The van der Waals surface area contributed by atoms with Gasteiger partial charge >= 0.3 is 0 Å². The molecule has 27 heavy (non-hydrogen) atoms. The fourth-order valence-corrected chi connectivity index (χ4v) is 3.17. The van der Waals surface area contributed by atoms with Crippen molar-refractivity contribution >= 4 is 27.5 Å². The molecule has 0 aliphatic rings. The predicted molar refractivity (Wildman–Crippen MR) is 113 cm³/mol. The highest BCUT2D eigenvalue weighted by molar-refractivity contribution is 9.10. The molecule has 0 atom stereocenters. The molecule has 0 radical (unpaired) electrons. The number of halogens is 2. The third-order valence-corrected chi connectivity index (χ3v) is 5.09. The zero-order chi connectivity index (χ0) is 19.5. The highest BCUT2D eigenvalue weighted by atomic mass is 79.9. The number of nitrogens with one attached hydrogen (secondary N) is 2. The Morgan fingerprint density at radius 1 is 1.04 bits per heavy atom. The van der Waals surface area contributed by atoms with E-state index in [1.807, 2.05) is 36.4 Å². The first-order valence-electron chi connectivity index (χ1n) is 8.90. The Balaban J connectivity index is 1.91. The normalized spacial score (nSPS) is 10.8. The van der Waals surface area contributed by atoms with Gasteiger partial charge in [-0.2, -0.15) is 0 Å². The van der Waals surface area contributed by atoms with Gasteiger partial charge < -0.3 is 25.2 Å². The molecule has 0 unspecified atom stereocenters. The van der Waals surface area contributed by atoms with Gasteiger partial charge in [-0.1, -0.05) is 45.7 Å². The number of benzene rings is 2. The van der Waals surface area contributed by atoms with Crippen LogP contribution in [0.2, 0.25) is 5.02 Å². The van der Waals surface area contributed by atoms with Crippen LogP contribution in [0.25, 0.3) is 0 Å². The molecule has 0 amide bonds. The highest BCUT2D eigenvalue weighted by Gasteiger charge is 2.11. The summed E-state index contributed by atoms with van der Waals surface area (Å²) in [5, 5.41) is 16.0. The number of aliphatic hydroxyl groups excluding tert-OH is 1. The Morgan fingerprint density at radius 2 is 1.81 bits per heavy atom. The lowest BCUT2D eigenvalue weighted by atomic mass is 10.2. The zero-order valence-electron chi connectivity index (χ0n) is 15.4. The first kappa shape index (κ1) is 22.0. The first-order chi connectivity index (χ1) is 13.2. The first-order valence-corrected chi connectivity index (χ1v) is 10.1. The number of ether oxygens (including phenoxy) is 2. The maximum absolute atomic E-state index is 8.72. The van der Waals surface area contributed by atoms with Crippen LogP contribution in [0.3, 0.4) is 0 Å². The minimum atomic E-state index is 0.172. The third kappa shape index (κ3) is 7.31. The second-order valence-corrected chi connectivity index (χ2v) is 7.24. The minimum absolute atomic E-state index is 0.172. The van der Waals surface area contributed by atoms with Crippen LogP contribution in [-0.4, -0.2) is 38.5 Å². The molecule has 0 aromatic heterocycles. The molecule has 3 N–H and O–H groups in total. The van der Waals surface area contributed by atoms with Crippen molar-refractivity contribution in [3.05, 3.63) is 57.0 Å². The van der Waals surface area contributed by atoms with E-state index in [2.05, 4.69) is 26.6 Å². The molecule has 7 heteroatoms. The van der Waals surface area contributed by atoms with Gasteiger partial charge in [0.1, 0.15) is 6.61 Å². The van der Waals surface area contributed by atoms with Crippen LogP contribution in [0.5, 0.6) is 11.5 Å². The molecule has 0 heterocycles. The number of aliphatic hydroxyl groups is 1. The van der Waals surface area contributed by atoms with Crippen molar-refractivity contribution in [2.75, 3.05) is 33.4 Å². The topological polar surface area (TPSA) is 62.8 Å². The highest BCUT2D eigenvalue weighted by Crippen LogP contribution is 2.34. The van der Waals surface area contributed by atoms with Crippen molar-refractivity contribution in [2.24, 2.45) is 0 Å². The number of rotatable bonds is 12. The van der Waals surface area contributed by atoms with Crippen molar-refractivity contribution in [3.8, 4) is 11.5 Å². The van der Waals surface area contributed by atoms with Gasteiger partial charge in [0.05, 0.1) is 13.7 Å². The fourth-order valence-electron chi connectivity index (χ4n) is 2.52. The standard InChI is InChI=1S/C20H26BrClN2O3/c1-26-19-11-16(13-24-8-4-7-23-9-10-25)17(21)12-20(19)27-14-15-5-2-3-6-18(15)22/h2-3,5-6,11-12,23-25H,4,7-10,13-14H2,1H3. The molecule has 2 rings (SSSR count). The van der Waals surface area contributed by atoms with Crippen LogP contribution in [0, 0.1) is 0 Å². The molecule has 5 nitrogen and oxygen atoms in total. The van der Waals surface area contributed by atoms with E-state index in [4.69, 9.17) is 26.2 Å². The van der Waals surface area contributed by atoms with Gasteiger partial charge in [-0.05, 0) is 43.3 Å². The molecule has 148 valence electrons. The molecule has 0 aliphatic carbocycles. The van der Waals surface area contributed by atoms with Crippen LogP contribution in [0.1, 0.15) is 17.5 Å². The van der Waals surface area contributed by atoms with E-state index in [9.17, 15) is 0 Å². The minimum Gasteiger partial charge on any atom is -0.493 e. The van der Waals surface area contributed by atoms with E-state index >= 15 is 0 Å². The van der Waals surface area contributed by atoms with Gasteiger partial charge in [0.2, 0.25) is 0 Å². The molecule has 2 aromatic rings. The maximum atomic E-state index is 8.72. The van der Waals surface area contributed by atoms with E-state index in [0.29, 0.717) is 29.7 Å². The quantitative estimate of drug-likeness (QED) is 0.424. The van der Waals surface area contributed by atoms with Gasteiger partial charge in [0, 0.05) is 28.1 Å². The van der Waals surface area contributed by atoms with Gasteiger partial charge in [-0.3, -0.25) is 0 Å². The van der Waals surface area contributed by atoms with Crippen LogP contribution in [0.4, 0.5) is 0 Å². The summed E-state index contributed by atoms with van der Waals surface area (Å²) in [5.74, 6) is 1.35. The summed E-state index contributed by atoms with van der Waals surface area (Å²) in [6.07, 6.45) is 0.994. The summed E-state index contributed by atoms with van der Waals surface area (Å²) in [6.45, 7) is 3.68. The molecule has 0 saturated heterocycles. The lowest BCUT2D eigenvalue weighted by Gasteiger charge is -2.15. The molecule has 0 fully saturated rings. The fraction of sp³-hybridized carbons (Fsp3) is 0.400. The average Bonchev–Trinajstić information content (AvgIpc) is 2.67. The van der Waals surface area contributed by atoms with Crippen LogP contribution in [0.15, 0.2) is 40.9 Å². The second kappa shape index (κ2) is 12.2. The van der Waals surface area contributed by atoms with Gasteiger partial charge in [-0.15, -0.1) is 0 Å². The van der Waals surface area contributed by atoms with E-state index in [1.165, 1.54) is 0 Å². The molecular weight excluding hydrogens is 432 g/mol. The summed E-state index contributed by atoms with van der Waals surface area (Å²) >= 11 is 9.80. The lowest BCUT2D eigenvalue weighted by Crippen LogP contribution is -2.24. The summed E-state index contributed by atoms with van der Waals surface area (Å²) in [5.41, 5.74) is 2.03. The smallest absolute Gasteiger partial charge is 0.162 e. The van der Waals surface area contributed by atoms with Crippen LogP contribution >= 0.6 is 27.5 Å². The van der Waals surface area contributed by atoms with E-state index in [1.54, 1.807) is 7.11 Å². The zero-order valence-corrected chi connectivity index (χ0v) is 17.8. The molecule has 0 saturated carbocycles. The Morgan fingerprint density at radius 3 is 2.56 bits per heavy atom. The second-order valence-electron chi connectivity index (χ2n) is 5.98. The van der Waals surface area contributed by atoms with E-state index in [0.717, 1.165) is 41.7 Å².